The summed E-state index contributed by atoms with van der Waals surface area (Å²) in [6.07, 6.45) is 0. The van der Waals surface area contributed by atoms with Gasteiger partial charge in [0, 0.05) is 10.9 Å². The van der Waals surface area contributed by atoms with Crippen LogP contribution in [0.4, 0.5) is 0 Å². The van der Waals surface area contributed by atoms with Crippen molar-refractivity contribution in [3.8, 4) is 5.75 Å². The minimum absolute atomic E-state index is 0.245. The van der Waals surface area contributed by atoms with E-state index in [1.54, 1.807) is 38.3 Å². The van der Waals surface area contributed by atoms with E-state index >= 15 is 0 Å². The number of carbonyl (C=O) groups excluding carboxylic acids is 1. The van der Waals surface area contributed by atoms with E-state index in [1.165, 1.54) is 0 Å². The fourth-order valence-corrected chi connectivity index (χ4v) is 2.21. The molecule has 0 unspecified atom stereocenters. The summed E-state index contributed by atoms with van der Waals surface area (Å²) in [4.78, 5) is 12.4. The van der Waals surface area contributed by atoms with Crippen LogP contribution in [0, 0.1) is 13.8 Å². The molecular weight excluding hydrogens is 256 g/mol. The summed E-state index contributed by atoms with van der Waals surface area (Å²) in [6.45, 7) is 3.65. The van der Waals surface area contributed by atoms with Crippen molar-refractivity contribution in [3.63, 3.8) is 0 Å². The number of hydrogen-bond acceptors (Lipinski definition) is 4. The number of hydrogen-bond donors (Lipinski definition) is 0. The van der Waals surface area contributed by atoms with Gasteiger partial charge >= 0.3 is 0 Å². The molecule has 0 aliphatic carbocycles. The number of ether oxygens (including phenoxy) is 1. The third kappa shape index (κ3) is 1.90. The maximum atomic E-state index is 12.4. The van der Waals surface area contributed by atoms with Gasteiger partial charge in [-0.2, -0.15) is 0 Å². The fourth-order valence-electron chi connectivity index (χ4n) is 2.21. The topological polar surface area (TPSA) is 52.6 Å². The Morgan fingerprint density at radius 3 is 2.55 bits per heavy atom. The highest BCUT2D eigenvalue weighted by atomic mass is 16.5. The van der Waals surface area contributed by atoms with Gasteiger partial charge in [-0.05, 0) is 44.2 Å². The van der Waals surface area contributed by atoms with Crippen LogP contribution in [0.3, 0.4) is 0 Å². The van der Waals surface area contributed by atoms with Crippen LogP contribution >= 0.6 is 0 Å². The summed E-state index contributed by atoms with van der Waals surface area (Å²) in [5, 5.41) is 0.871. The van der Waals surface area contributed by atoms with Gasteiger partial charge in [0.25, 0.3) is 5.78 Å². The van der Waals surface area contributed by atoms with Crippen LogP contribution in [0.25, 0.3) is 11.0 Å². The Kier molecular flexibility index (Phi) is 2.86. The molecule has 4 nitrogen and oxygen atoms in total. The molecule has 0 bridgehead atoms. The van der Waals surface area contributed by atoms with Crippen LogP contribution in [-0.4, -0.2) is 12.9 Å². The maximum absolute atomic E-state index is 12.4. The fraction of sp³-hybridized carbons (Fsp3) is 0.188. The summed E-state index contributed by atoms with van der Waals surface area (Å²) in [5.74, 6) is 1.78. The van der Waals surface area contributed by atoms with Crippen LogP contribution in [0.2, 0.25) is 0 Å². The van der Waals surface area contributed by atoms with E-state index in [0.717, 1.165) is 16.7 Å². The number of fused-ring (bicyclic) bond motifs is 1. The zero-order chi connectivity index (χ0) is 14.3. The quantitative estimate of drug-likeness (QED) is 0.678. The second-order valence-corrected chi connectivity index (χ2v) is 4.66. The zero-order valence-electron chi connectivity index (χ0n) is 11.5. The minimum atomic E-state index is -0.245. The first-order valence-corrected chi connectivity index (χ1v) is 6.28. The molecular formula is C16H14O4. The highest BCUT2D eigenvalue weighted by Crippen LogP contribution is 2.30. The van der Waals surface area contributed by atoms with Crippen molar-refractivity contribution in [1.82, 2.24) is 0 Å². The number of benzene rings is 1. The van der Waals surface area contributed by atoms with Gasteiger partial charge in [0.1, 0.15) is 17.1 Å². The third-order valence-corrected chi connectivity index (χ3v) is 3.31. The number of carbonyl (C=O) groups is 1. The summed E-state index contributed by atoms with van der Waals surface area (Å²) >= 11 is 0. The zero-order valence-corrected chi connectivity index (χ0v) is 11.5. The minimum Gasteiger partial charge on any atom is -0.497 e. The van der Waals surface area contributed by atoms with Gasteiger partial charge in [0.05, 0.1) is 7.11 Å². The Bertz CT molecular complexity index is 792. The molecule has 1 aromatic carbocycles. The van der Waals surface area contributed by atoms with Gasteiger partial charge in [-0.25, -0.2) is 0 Å². The SMILES string of the molecule is COc1ccc2oc(C(=O)c3ccc(C)o3)c(C)c2c1. The monoisotopic (exact) mass is 270 g/mol. The smallest absolute Gasteiger partial charge is 0.263 e. The number of aryl methyl sites for hydroxylation is 2. The number of furan rings is 2. The largest absolute Gasteiger partial charge is 0.497 e. The Morgan fingerprint density at radius 2 is 1.90 bits per heavy atom. The van der Waals surface area contributed by atoms with Gasteiger partial charge in [-0.1, -0.05) is 0 Å². The second kappa shape index (κ2) is 4.56. The van der Waals surface area contributed by atoms with Crippen molar-refractivity contribution < 1.29 is 18.4 Å². The highest BCUT2D eigenvalue weighted by Gasteiger charge is 2.21. The van der Waals surface area contributed by atoms with Crippen LogP contribution in [0.15, 0.2) is 39.2 Å². The summed E-state index contributed by atoms with van der Waals surface area (Å²) in [6, 6.07) is 8.87. The number of rotatable bonds is 3. The molecule has 0 atom stereocenters. The summed E-state index contributed by atoms with van der Waals surface area (Å²) < 4.78 is 16.2. The highest BCUT2D eigenvalue weighted by molar-refractivity contribution is 6.09. The van der Waals surface area contributed by atoms with Crippen LogP contribution in [0.5, 0.6) is 5.75 Å². The Morgan fingerprint density at radius 1 is 1.10 bits per heavy atom. The first-order chi connectivity index (χ1) is 9.60. The molecule has 0 amide bonds. The summed E-state index contributed by atoms with van der Waals surface area (Å²) in [7, 11) is 1.61. The third-order valence-electron chi connectivity index (χ3n) is 3.31. The van der Waals surface area contributed by atoms with Crippen molar-refractivity contribution in [2.75, 3.05) is 7.11 Å². The Balaban J connectivity index is 2.12. The molecule has 3 rings (SSSR count). The molecule has 2 aromatic heterocycles. The average Bonchev–Trinajstić information content (AvgIpc) is 3.02. The summed E-state index contributed by atoms with van der Waals surface area (Å²) in [5.41, 5.74) is 1.45. The molecule has 4 heteroatoms. The standard InChI is InChI=1S/C16H14O4/c1-9-4-6-14(19-9)15(17)16-10(2)12-8-11(18-3)5-7-13(12)20-16/h4-8H,1-3H3. The lowest BCUT2D eigenvalue weighted by molar-refractivity contribution is 0.0983. The van der Waals surface area contributed by atoms with E-state index in [1.807, 2.05) is 13.0 Å². The molecule has 0 aliphatic rings. The molecule has 0 spiro atoms. The van der Waals surface area contributed by atoms with Gasteiger partial charge in [0.2, 0.25) is 0 Å². The lowest BCUT2D eigenvalue weighted by atomic mass is 10.1. The van der Waals surface area contributed by atoms with E-state index in [0.29, 0.717) is 17.1 Å². The Hall–Kier alpha value is -2.49. The van der Waals surface area contributed by atoms with Crippen molar-refractivity contribution >= 4 is 16.8 Å². The van der Waals surface area contributed by atoms with Crippen molar-refractivity contribution in [2.45, 2.75) is 13.8 Å². The van der Waals surface area contributed by atoms with Crippen molar-refractivity contribution in [3.05, 3.63) is 53.2 Å². The molecule has 0 aliphatic heterocycles. The second-order valence-electron chi connectivity index (χ2n) is 4.66. The number of methoxy groups -OCH3 is 1. The van der Waals surface area contributed by atoms with Crippen LogP contribution < -0.4 is 4.74 Å². The normalized spacial score (nSPS) is 10.9. The van der Waals surface area contributed by atoms with E-state index in [2.05, 4.69) is 0 Å². The van der Waals surface area contributed by atoms with Gasteiger partial charge < -0.3 is 13.6 Å². The lowest BCUT2D eigenvalue weighted by Gasteiger charge is -1.97. The number of ketones is 1. The molecule has 3 aromatic rings. The van der Waals surface area contributed by atoms with Crippen LogP contribution in [0.1, 0.15) is 27.6 Å². The van der Waals surface area contributed by atoms with E-state index < -0.39 is 0 Å². The first kappa shape index (κ1) is 12.5. The molecule has 102 valence electrons. The van der Waals surface area contributed by atoms with E-state index in [-0.39, 0.29) is 11.5 Å². The van der Waals surface area contributed by atoms with Gasteiger partial charge in [-0.3, -0.25) is 4.79 Å². The van der Waals surface area contributed by atoms with Crippen LogP contribution in [-0.2, 0) is 0 Å². The lowest BCUT2D eigenvalue weighted by Crippen LogP contribution is -1.99. The molecule has 0 saturated carbocycles. The molecule has 0 N–H and O–H groups in total. The molecule has 2 heterocycles. The predicted molar refractivity (Wildman–Crippen MR) is 74.4 cm³/mol. The van der Waals surface area contributed by atoms with E-state index in [4.69, 9.17) is 13.6 Å². The Labute approximate surface area is 115 Å². The first-order valence-electron chi connectivity index (χ1n) is 6.28. The van der Waals surface area contributed by atoms with Crippen molar-refractivity contribution in [2.24, 2.45) is 0 Å². The molecule has 20 heavy (non-hydrogen) atoms. The van der Waals surface area contributed by atoms with E-state index in [9.17, 15) is 4.79 Å². The molecule has 0 fully saturated rings. The van der Waals surface area contributed by atoms with Gasteiger partial charge in [-0.15, -0.1) is 0 Å². The van der Waals surface area contributed by atoms with Gasteiger partial charge in [0.15, 0.2) is 11.5 Å². The molecule has 0 radical (unpaired) electrons. The average molecular weight is 270 g/mol. The maximum Gasteiger partial charge on any atom is 0.263 e. The predicted octanol–water partition coefficient (Wildman–Crippen LogP) is 3.88. The molecule has 0 saturated heterocycles. The van der Waals surface area contributed by atoms with Crippen molar-refractivity contribution in [1.29, 1.82) is 0 Å².